The third-order valence-electron chi connectivity index (χ3n) is 4.87. The summed E-state index contributed by atoms with van der Waals surface area (Å²) >= 11 is 5.78. The highest BCUT2D eigenvalue weighted by molar-refractivity contribution is 6.29. The summed E-state index contributed by atoms with van der Waals surface area (Å²) in [4.78, 5) is 18.8. The van der Waals surface area contributed by atoms with E-state index in [0.29, 0.717) is 16.8 Å². The van der Waals surface area contributed by atoms with Crippen molar-refractivity contribution in [2.24, 2.45) is 0 Å². The van der Waals surface area contributed by atoms with Crippen LogP contribution in [0.3, 0.4) is 0 Å². The van der Waals surface area contributed by atoms with Gasteiger partial charge in [0.15, 0.2) is 0 Å². The molecule has 0 bridgehead atoms. The number of carbonyl (C=O) groups excluding carboxylic acids is 1. The maximum atomic E-state index is 12.5. The molecular formula is C20H24ClN3O. The minimum absolute atomic E-state index is 0.170. The number of halogens is 1. The molecule has 0 spiro atoms. The zero-order valence-electron chi connectivity index (χ0n) is 14.5. The Labute approximate surface area is 154 Å². The molecule has 0 saturated heterocycles. The van der Waals surface area contributed by atoms with Crippen LogP contribution in [0.15, 0.2) is 42.6 Å². The molecule has 5 heteroatoms. The smallest absolute Gasteiger partial charge is 0.257 e. The van der Waals surface area contributed by atoms with Gasteiger partial charge in [0.1, 0.15) is 5.15 Å². The predicted molar refractivity (Wildman–Crippen MR) is 102 cm³/mol. The summed E-state index contributed by atoms with van der Waals surface area (Å²) in [6.07, 6.45) is 8.01. The van der Waals surface area contributed by atoms with Crippen molar-refractivity contribution in [1.82, 2.24) is 9.88 Å². The van der Waals surface area contributed by atoms with Crippen LogP contribution < -0.4 is 5.32 Å². The molecular weight excluding hydrogens is 334 g/mol. The molecule has 2 aromatic rings. The summed E-state index contributed by atoms with van der Waals surface area (Å²) in [5.74, 6) is -0.170. The lowest BCUT2D eigenvalue weighted by Crippen LogP contribution is -2.33. The van der Waals surface area contributed by atoms with E-state index in [0.717, 1.165) is 17.8 Å². The van der Waals surface area contributed by atoms with Crippen molar-refractivity contribution < 1.29 is 4.79 Å². The fourth-order valence-corrected chi connectivity index (χ4v) is 3.52. The molecule has 1 amide bonds. The van der Waals surface area contributed by atoms with Gasteiger partial charge < -0.3 is 5.32 Å². The minimum atomic E-state index is -0.170. The number of para-hydroxylation sites is 1. The van der Waals surface area contributed by atoms with Crippen molar-refractivity contribution in [2.45, 2.75) is 44.7 Å². The molecule has 1 fully saturated rings. The van der Waals surface area contributed by atoms with E-state index < -0.39 is 0 Å². The van der Waals surface area contributed by atoms with Crippen LogP contribution in [0, 0.1) is 0 Å². The number of carbonyl (C=O) groups is 1. The van der Waals surface area contributed by atoms with Gasteiger partial charge in [0.05, 0.1) is 5.56 Å². The predicted octanol–water partition coefficient (Wildman–Crippen LogP) is 4.75. The van der Waals surface area contributed by atoms with E-state index in [2.05, 4.69) is 28.3 Å². The third-order valence-corrected chi connectivity index (χ3v) is 5.10. The summed E-state index contributed by atoms with van der Waals surface area (Å²) in [6.45, 7) is 0.833. The number of anilines is 1. The third kappa shape index (κ3) is 4.80. The van der Waals surface area contributed by atoms with Crippen molar-refractivity contribution in [3.8, 4) is 0 Å². The van der Waals surface area contributed by atoms with Gasteiger partial charge in [-0.05, 0) is 43.7 Å². The van der Waals surface area contributed by atoms with Crippen LogP contribution in [0.5, 0.6) is 0 Å². The van der Waals surface area contributed by atoms with Gasteiger partial charge in [0.25, 0.3) is 5.91 Å². The maximum Gasteiger partial charge on any atom is 0.257 e. The lowest BCUT2D eigenvalue weighted by atomic mass is 9.94. The molecule has 0 unspecified atom stereocenters. The zero-order valence-corrected chi connectivity index (χ0v) is 15.3. The highest BCUT2D eigenvalue weighted by Crippen LogP contribution is 2.25. The molecule has 1 heterocycles. The normalized spacial score (nSPS) is 15.3. The Bertz CT molecular complexity index is 711. The Kier molecular flexibility index (Phi) is 6.05. The van der Waals surface area contributed by atoms with Gasteiger partial charge in [0.2, 0.25) is 0 Å². The average molecular weight is 358 g/mol. The van der Waals surface area contributed by atoms with E-state index in [4.69, 9.17) is 11.6 Å². The highest BCUT2D eigenvalue weighted by atomic mass is 35.5. The molecule has 0 radical (unpaired) electrons. The van der Waals surface area contributed by atoms with Crippen molar-refractivity contribution >= 4 is 23.2 Å². The number of nitrogens with one attached hydrogen (secondary N) is 1. The summed E-state index contributed by atoms with van der Waals surface area (Å²) < 4.78 is 0. The monoisotopic (exact) mass is 357 g/mol. The number of hydrogen-bond donors (Lipinski definition) is 1. The number of hydrogen-bond acceptors (Lipinski definition) is 3. The molecule has 132 valence electrons. The van der Waals surface area contributed by atoms with Crippen LogP contribution in [0.25, 0.3) is 0 Å². The van der Waals surface area contributed by atoms with E-state index in [-0.39, 0.29) is 5.91 Å². The summed E-state index contributed by atoms with van der Waals surface area (Å²) in [5.41, 5.74) is 2.48. The lowest BCUT2D eigenvalue weighted by molar-refractivity contribution is 0.102. The molecule has 4 nitrogen and oxygen atoms in total. The van der Waals surface area contributed by atoms with Gasteiger partial charge in [-0.1, -0.05) is 49.1 Å². The first-order valence-electron chi connectivity index (χ1n) is 8.84. The lowest BCUT2D eigenvalue weighted by Gasteiger charge is -2.31. The Morgan fingerprint density at radius 1 is 1.20 bits per heavy atom. The number of benzene rings is 1. The van der Waals surface area contributed by atoms with E-state index in [9.17, 15) is 4.79 Å². The van der Waals surface area contributed by atoms with Crippen molar-refractivity contribution in [1.29, 1.82) is 0 Å². The summed E-state index contributed by atoms with van der Waals surface area (Å²) in [6, 6.07) is 11.9. The average Bonchev–Trinajstić information content (AvgIpc) is 2.64. The second-order valence-electron chi connectivity index (χ2n) is 6.69. The van der Waals surface area contributed by atoms with Crippen LogP contribution in [0.4, 0.5) is 5.69 Å². The first-order chi connectivity index (χ1) is 12.1. The van der Waals surface area contributed by atoms with Crippen molar-refractivity contribution in [2.75, 3.05) is 12.4 Å². The fraction of sp³-hybridized carbons (Fsp3) is 0.400. The molecule has 1 saturated carbocycles. The molecule has 0 atom stereocenters. The quantitative estimate of drug-likeness (QED) is 0.785. The van der Waals surface area contributed by atoms with E-state index in [1.807, 2.05) is 18.2 Å². The van der Waals surface area contributed by atoms with Crippen LogP contribution in [-0.4, -0.2) is 28.9 Å². The van der Waals surface area contributed by atoms with Crippen LogP contribution in [0.1, 0.15) is 48.0 Å². The number of aromatic nitrogens is 1. The zero-order chi connectivity index (χ0) is 17.6. The first kappa shape index (κ1) is 17.9. The molecule has 3 rings (SSSR count). The van der Waals surface area contributed by atoms with Gasteiger partial charge in [0, 0.05) is 24.5 Å². The minimum Gasteiger partial charge on any atom is -0.322 e. The van der Waals surface area contributed by atoms with Gasteiger partial charge in [-0.15, -0.1) is 0 Å². The topological polar surface area (TPSA) is 45.2 Å². The van der Waals surface area contributed by atoms with Gasteiger partial charge in [-0.2, -0.15) is 0 Å². The SMILES string of the molecule is CN(Cc1ccccc1NC(=O)c1ccc(Cl)nc1)C1CCCCC1. The summed E-state index contributed by atoms with van der Waals surface area (Å²) in [5, 5.41) is 3.39. The van der Waals surface area contributed by atoms with Crippen molar-refractivity contribution in [3.05, 3.63) is 58.9 Å². The number of pyridine rings is 1. The highest BCUT2D eigenvalue weighted by Gasteiger charge is 2.19. The Hall–Kier alpha value is -1.91. The Balaban J connectivity index is 1.69. The molecule has 1 aromatic heterocycles. The standard InChI is InChI=1S/C20H24ClN3O/c1-24(17-8-3-2-4-9-17)14-16-7-5-6-10-18(16)23-20(25)15-11-12-19(21)22-13-15/h5-7,10-13,17H,2-4,8-9,14H2,1H3,(H,23,25). The van der Waals surface area contributed by atoms with E-state index >= 15 is 0 Å². The van der Waals surface area contributed by atoms with Crippen LogP contribution in [0.2, 0.25) is 5.15 Å². The number of amides is 1. The van der Waals surface area contributed by atoms with Crippen molar-refractivity contribution in [3.63, 3.8) is 0 Å². The molecule has 1 aliphatic rings. The van der Waals surface area contributed by atoms with Gasteiger partial charge in [-0.25, -0.2) is 4.98 Å². The molecule has 1 N–H and O–H groups in total. The second-order valence-corrected chi connectivity index (χ2v) is 7.08. The molecule has 1 aromatic carbocycles. The van der Waals surface area contributed by atoms with Crippen LogP contribution in [-0.2, 0) is 6.54 Å². The van der Waals surface area contributed by atoms with E-state index in [1.54, 1.807) is 12.1 Å². The molecule has 1 aliphatic carbocycles. The number of rotatable bonds is 5. The van der Waals surface area contributed by atoms with E-state index in [1.165, 1.54) is 38.3 Å². The first-order valence-corrected chi connectivity index (χ1v) is 9.22. The van der Waals surface area contributed by atoms with Gasteiger partial charge in [-0.3, -0.25) is 9.69 Å². The van der Waals surface area contributed by atoms with Crippen LogP contribution >= 0.6 is 11.6 Å². The second kappa shape index (κ2) is 8.45. The fourth-order valence-electron chi connectivity index (χ4n) is 3.40. The molecule has 0 aliphatic heterocycles. The number of nitrogens with zero attached hydrogens (tertiary/aromatic N) is 2. The van der Waals surface area contributed by atoms with Gasteiger partial charge >= 0.3 is 0 Å². The Morgan fingerprint density at radius 2 is 1.96 bits per heavy atom. The largest absolute Gasteiger partial charge is 0.322 e. The Morgan fingerprint density at radius 3 is 2.68 bits per heavy atom. The summed E-state index contributed by atoms with van der Waals surface area (Å²) in [7, 11) is 2.18. The maximum absolute atomic E-state index is 12.5. The molecule has 25 heavy (non-hydrogen) atoms.